The number of nitrogens with zero attached hydrogens (tertiary/aromatic N) is 2. The minimum atomic E-state index is -0.0471. The maximum Gasteiger partial charge on any atom is 0.236 e. The number of methoxy groups -OCH3 is 1. The van der Waals surface area contributed by atoms with E-state index in [0.29, 0.717) is 19.6 Å². The van der Waals surface area contributed by atoms with Gasteiger partial charge < -0.3 is 9.64 Å². The third-order valence-corrected chi connectivity index (χ3v) is 5.47. The Labute approximate surface area is 160 Å². The maximum absolute atomic E-state index is 13.0. The molecule has 1 fully saturated rings. The van der Waals surface area contributed by atoms with Crippen LogP contribution in [-0.2, 0) is 4.79 Å². The first-order valence-electron chi connectivity index (χ1n) is 9.60. The molecule has 0 N–H and O–H groups in total. The largest absolute Gasteiger partial charge is 0.497 e. The summed E-state index contributed by atoms with van der Waals surface area (Å²) in [5.74, 6) is 1.05. The molecule has 1 heterocycles. The number of hydrogen-bond acceptors (Lipinski definition) is 4. The highest BCUT2D eigenvalue weighted by atomic mass is 16.5. The van der Waals surface area contributed by atoms with Gasteiger partial charge in [0.25, 0.3) is 0 Å². The molecule has 0 aromatic heterocycles. The summed E-state index contributed by atoms with van der Waals surface area (Å²) in [6, 6.07) is 11.7. The van der Waals surface area contributed by atoms with Crippen molar-refractivity contribution in [3.8, 4) is 5.75 Å². The number of Topliss-reactive ketones (excluding diaryl/α,β-unsaturated/α-hetero) is 1. The van der Waals surface area contributed by atoms with Crippen LogP contribution in [-0.4, -0.2) is 61.8 Å². The molecule has 0 radical (unpaired) electrons. The Bertz CT molecular complexity index is 833. The highest BCUT2D eigenvalue weighted by Gasteiger charge is 2.28. The lowest BCUT2D eigenvalue weighted by molar-refractivity contribution is -0.131. The van der Waals surface area contributed by atoms with Gasteiger partial charge in [0.1, 0.15) is 5.75 Å². The molecule has 5 nitrogen and oxygen atoms in total. The van der Waals surface area contributed by atoms with Gasteiger partial charge in [-0.15, -0.1) is 0 Å². The van der Waals surface area contributed by atoms with Gasteiger partial charge in [-0.1, -0.05) is 18.2 Å². The van der Waals surface area contributed by atoms with E-state index >= 15 is 0 Å². The molecule has 2 aromatic rings. The van der Waals surface area contributed by atoms with Crippen LogP contribution < -0.4 is 4.74 Å². The first kappa shape index (κ1) is 19.4. The molecule has 2 aromatic carbocycles. The third-order valence-electron chi connectivity index (χ3n) is 5.47. The van der Waals surface area contributed by atoms with Gasteiger partial charge in [0.2, 0.25) is 5.91 Å². The molecule has 1 atom stereocenters. The summed E-state index contributed by atoms with van der Waals surface area (Å²) in [6.07, 6.45) is 1.83. The van der Waals surface area contributed by atoms with Crippen LogP contribution in [0.2, 0.25) is 0 Å². The fourth-order valence-corrected chi connectivity index (χ4v) is 3.64. The lowest BCUT2D eigenvalue weighted by Crippen LogP contribution is -2.44. The zero-order valence-corrected chi connectivity index (χ0v) is 16.4. The van der Waals surface area contributed by atoms with Crippen molar-refractivity contribution in [2.45, 2.75) is 19.8 Å². The SMILES string of the molecule is CCN(C)C(=O)CN1CCC[C@H](C(=O)c2ccc3cc(OC)ccc3c2)C1. The summed E-state index contributed by atoms with van der Waals surface area (Å²) in [5.41, 5.74) is 0.747. The maximum atomic E-state index is 13.0. The van der Waals surface area contributed by atoms with Gasteiger partial charge in [-0.3, -0.25) is 14.5 Å². The van der Waals surface area contributed by atoms with Crippen LogP contribution in [0.15, 0.2) is 36.4 Å². The number of fused-ring (bicyclic) bond motifs is 1. The molecule has 0 unspecified atom stereocenters. The number of piperidine rings is 1. The number of benzene rings is 2. The normalized spacial score (nSPS) is 17.7. The minimum Gasteiger partial charge on any atom is -0.497 e. The molecule has 0 aliphatic carbocycles. The van der Waals surface area contributed by atoms with E-state index in [1.165, 1.54) is 0 Å². The van der Waals surface area contributed by atoms with Crippen LogP contribution in [0, 0.1) is 5.92 Å². The van der Waals surface area contributed by atoms with E-state index in [1.807, 2.05) is 50.4 Å². The number of likely N-dealkylation sites (tertiary alicyclic amines) is 1. The molecule has 3 rings (SSSR count). The summed E-state index contributed by atoms with van der Waals surface area (Å²) in [5, 5.41) is 2.10. The summed E-state index contributed by atoms with van der Waals surface area (Å²) in [6.45, 7) is 4.60. The van der Waals surface area contributed by atoms with Gasteiger partial charge >= 0.3 is 0 Å². The van der Waals surface area contributed by atoms with Crippen molar-refractivity contribution in [1.29, 1.82) is 0 Å². The molecular formula is C22H28N2O3. The Morgan fingerprint density at radius 2 is 1.93 bits per heavy atom. The Balaban J connectivity index is 1.71. The topological polar surface area (TPSA) is 49.9 Å². The predicted molar refractivity (Wildman–Crippen MR) is 107 cm³/mol. The second-order valence-corrected chi connectivity index (χ2v) is 7.27. The molecule has 1 aliphatic rings. The lowest BCUT2D eigenvalue weighted by Gasteiger charge is -2.32. The van der Waals surface area contributed by atoms with E-state index < -0.39 is 0 Å². The molecular weight excluding hydrogens is 340 g/mol. The van der Waals surface area contributed by atoms with Crippen molar-refractivity contribution in [3.63, 3.8) is 0 Å². The quantitative estimate of drug-likeness (QED) is 0.735. The Kier molecular flexibility index (Phi) is 6.11. The van der Waals surface area contributed by atoms with Crippen LogP contribution in [0.5, 0.6) is 5.75 Å². The van der Waals surface area contributed by atoms with Crippen LogP contribution >= 0.6 is 0 Å². The number of carbonyl (C=O) groups is 2. The monoisotopic (exact) mass is 368 g/mol. The third kappa shape index (κ3) is 4.48. The summed E-state index contributed by atoms with van der Waals surface area (Å²) < 4.78 is 5.26. The first-order chi connectivity index (χ1) is 13.0. The van der Waals surface area contributed by atoms with Crippen molar-refractivity contribution in [2.75, 3.05) is 40.3 Å². The van der Waals surface area contributed by atoms with E-state index in [1.54, 1.807) is 12.0 Å². The summed E-state index contributed by atoms with van der Waals surface area (Å²) >= 11 is 0. The Morgan fingerprint density at radius 1 is 1.19 bits per heavy atom. The number of likely N-dealkylation sites (N-methyl/N-ethyl adjacent to an activating group) is 1. The molecule has 0 bridgehead atoms. The van der Waals surface area contributed by atoms with Crippen molar-refractivity contribution in [3.05, 3.63) is 42.0 Å². The van der Waals surface area contributed by atoms with Crippen LogP contribution in [0.25, 0.3) is 10.8 Å². The highest BCUT2D eigenvalue weighted by molar-refractivity contribution is 6.01. The number of rotatable bonds is 6. The van der Waals surface area contributed by atoms with Crippen LogP contribution in [0.3, 0.4) is 0 Å². The molecule has 5 heteroatoms. The second kappa shape index (κ2) is 8.53. The standard InChI is InChI=1S/C22H28N2O3/c1-4-23(2)21(25)15-24-11-5-6-19(14-24)22(26)18-8-7-17-13-20(27-3)10-9-16(17)12-18/h7-10,12-13,19H,4-6,11,14-15H2,1-3H3/t19-/m0/s1. The Hall–Kier alpha value is -2.40. The van der Waals surface area contributed by atoms with Gasteiger partial charge in [-0.25, -0.2) is 0 Å². The zero-order chi connectivity index (χ0) is 19.4. The fraction of sp³-hybridized carbons (Fsp3) is 0.455. The molecule has 1 amide bonds. The summed E-state index contributed by atoms with van der Waals surface area (Å²) in [7, 11) is 3.47. The Morgan fingerprint density at radius 3 is 2.67 bits per heavy atom. The van der Waals surface area contributed by atoms with Crippen LogP contribution in [0.1, 0.15) is 30.1 Å². The van der Waals surface area contributed by atoms with E-state index in [9.17, 15) is 9.59 Å². The van der Waals surface area contributed by atoms with E-state index in [0.717, 1.165) is 41.5 Å². The molecule has 1 aliphatic heterocycles. The van der Waals surface area contributed by atoms with Crippen molar-refractivity contribution >= 4 is 22.5 Å². The lowest BCUT2D eigenvalue weighted by atomic mass is 9.89. The number of carbonyl (C=O) groups excluding carboxylic acids is 2. The average Bonchev–Trinajstić information content (AvgIpc) is 2.71. The van der Waals surface area contributed by atoms with E-state index in [-0.39, 0.29) is 17.6 Å². The zero-order valence-electron chi connectivity index (χ0n) is 16.4. The minimum absolute atomic E-state index is 0.0471. The van der Waals surface area contributed by atoms with E-state index in [4.69, 9.17) is 4.74 Å². The molecule has 1 saturated heterocycles. The molecule has 27 heavy (non-hydrogen) atoms. The molecule has 144 valence electrons. The fourth-order valence-electron chi connectivity index (χ4n) is 3.64. The number of amides is 1. The van der Waals surface area contributed by atoms with Crippen molar-refractivity contribution in [2.24, 2.45) is 5.92 Å². The van der Waals surface area contributed by atoms with Gasteiger partial charge in [-0.2, -0.15) is 0 Å². The first-order valence-corrected chi connectivity index (χ1v) is 9.60. The molecule has 0 spiro atoms. The summed E-state index contributed by atoms with van der Waals surface area (Å²) in [4.78, 5) is 29.1. The number of hydrogen-bond donors (Lipinski definition) is 0. The van der Waals surface area contributed by atoms with E-state index in [2.05, 4.69) is 4.90 Å². The van der Waals surface area contributed by atoms with Gasteiger partial charge in [0.05, 0.1) is 13.7 Å². The van der Waals surface area contributed by atoms with Crippen molar-refractivity contribution < 1.29 is 14.3 Å². The smallest absolute Gasteiger partial charge is 0.236 e. The van der Waals surface area contributed by atoms with Crippen molar-refractivity contribution in [1.82, 2.24) is 9.80 Å². The van der Waals surface area contributed by atoms with Gasteiger partial charge in [0, 0.05) is 31.6 Å². The van der Waals surface area contributed by atoms with Gasteiger partial charge in [0.15, 0.2) is 5.78 Å². The highest BCUT2D eigenvalue weighted by Crippen LogP contribution is 2.25. The second-order valence-electron chi connectivity index (χ2n) is 7.27. The number of ketones is 1. The number of ether oxygens (including phenoxy) is 1. The van der Waals surface area contributed by atoms with Crippen LogP contribution in [0.4, 0.5) is 0 Å². The predicted octanol–water partition coefficient (Wildman–Crippen LogP) is 3.22. The van der Waals surface area contributed by atoms with Gasteiger partial charge in [-0.05, 0) is 55.3 Å². The molecule has 0 saturated carbocycles. The average molecular weight is 368 g/mol.